The molecule has 0 bridgehead atoms. The minimum Gasteiger partial charge on any atom is -0.318 e. The number of hydrogen-bond donors (Lipinski definition) is 1. The number of nitrogens with two attached hydrogens (primary N) is 1. The molecule has 0 saturated carbocycles. The molecule has 1 fully saturated rings. The van der Waals surface area contributed by atoms with E-state index in [0.29, 0.717) is 6.67 Å². The third kappa shape index (κ3) is 5.83. The van der Waals surface area contributed by atoms with Crippen LogP contribution in [0.25, 0.3) is 0 Å². The number of nitrogens with zero attached hydrogens (tertiary/aromatic N) is 2. The second-order valence-electron chi connectivity index (χ2n) is 4.37. The highest BCUT2D eigenvalue weighted by Crippen LogP contribution is 2.14. The van der Waals surface area contributed by atoms with E-state index in [4.69, 9.17) is 5.73 Å². The quantitative estimate of drug-likeness (QED) is 0.733. The van der Waals surface area contributed by atoms with Crippen LogP contribution in [0, 0.1) is 0 Å². The van der Waals surface area contributed by atoms with E-state index in [2.05, 4.69) is 23.8 Å². The van der Waals surface area contributed by atoms with E-state index in [1.807, 2.05) is 13.8 Å². The minimum atomic E-state index is 0.694. The fraction of sp³-hybridized carbons (Fsp3) is 1.00. The Kier molecular flexibility index (Phi) is 9.99. The van der Waals surface area contributed by atoms with E-state index in [1.54, 1.807) is 0 Å². The van der Waals surface area contributed by atoms with Gasteiger partial charge < -0.3 is 10.6 Å². The molecule has 1 aliphatic rings. The maximum atomic E-state index is 5.63. The third-order valence-corrected chi connectivity index (χ3v) is 3.30. The molecular weight excluding hydrogens is 198 g/mol. The van der Waals surface area contributed by atoms with Gasteiger partial charge in [0.1, 0.15) is 0 Å². The first-order valence-corrected chi connectivity index (χ1v) is 6.90. The molecule has 16 heavy (non-hydrogen) atoms. The minimum absolute atomic E-state index is 0.694. The summed E-state index contributed by atoms with van der Waals surface area (Å²) < 4.78 is 0. The van der Waals surface area contributed by atoms with E-state index in [9.17, 15) is 0 Å². The van der Waals surface area contributed by atoms with E-state index in [-0.39, 0.29) is 0 Å². The first-order valence-electron chi connectivity index (χ1n) is 6.90. The zero-order valence-electron chi connectivity index (χ0n) is 11.7. The number of rotatable bonds is 5. The molecule has 1 saturated heterocycles. The average molecular weight is 229 g/mol. The Balaban J connectivity index is 0.00000106. The number of hydrogen-bond acceptors (Lipinski definition) is 3. The summed E-state index contributed by atoms with van der Waals surface area (Å²) in [5, 5.41) is 0. The zero-order valence-corrected chi connectivity index (χ0v) is 11.7. The summed E-state index contributed by atoms with van der Waals surface area (Å²) in [6, 6.07) is 0.720. The van der Waals surface area contributed by atoms with Gasteiger partial charge in [-0.2, -0.15) is 0 Å². The molecule has 0 aromatic heterocycles. The number of piperidine rings is 1. The van der Waals surface area contributed by atoms with Gasteiger partial charge >= 0.3 is 0 Å². The second-order valence-corrected chi connectivity index (χ2v) is 4.37. The van der Waals surface area contributed by atoms with Crippen molar-refractivity contribution in [1.29, 1.82) is 0 Å². The van der Waals surface area contributed by atoms with E-state index >= 15 is 0 Å². The Morgan fingerprint density at radius 3 is 2.25 bits per heavy atom. The van der Waals surface area contributed by atoms with Crippen molar-refractivity contribution in [2.45, 2.75) is 52.5 Å². The second kappa shape index (κ2) is 10.1. The smallest absolute Gasteiger partial charge is 0.0455 e. The van der Waals surface area contributed by atoms with Crippen molar-refractivity contribution in [3.63, 3.8) is 0 Å². The lowest BCUT2D eigenvalue weighted by molar-refractivity contribution is 0.129. The summed E-state index contributed by atoms with van der Waals surface area (Å²) in [4.78, 5) is 4.86. The lowest BCUT2D eigenvalue weighted by Gasteiger charge is -2.36. The molecule has 1 heterocycles. The molecule has 0 atom stereocenters. The Hall–Kier alpha value is -0.120. The molecule has 1 aliphatic heterocycles. The maximum absolute atomic E-state index is 5.63. The van der Waals surface area contributed by atoms with Gasteiger partial charge in [0.15, 0.2) is 0 Å². The van der Waals surface area contributed by atoms with E-state index < -0.39 is 0 Å². The molecule has 98 valence electrons. The predicted molar refractivity (Wildman–Crippen MR) is 72.5 cm³/mol. The van der Waals surface area contributed by atoms with Crippen LogP contribution < -0.4 is 5.73 Å². The van der Waals surface area contributed by atoms with Crippen molar-refractivity contribution in [3.05, 3.63) is 0 Å². The molecule has 0 amide bonds. The first-order chi connectivity index (χ1) is 7.77. The van der Waals surface area contributed by atoms with Gasteiger partial charge in [-0.15, -0.1) is 0 Å². The fourth-order valence-corrected chi connectivity index (χ4v) is 2.11. The fourth-order valence-electron chi connectivity index (χ4n) is 2.11. The summed E-state index contributed by atoms with van der Waals surface area (Å²) in [7, 11) is 2.13. The Bertz CT molecular complexity index is 142. The van der Waals surface area contributed by atoms with E-state index in [1.165, 1.54) is 45.3 Å². The van der Waals surface area contributed by atoms with Crippen LogP contribution in [-0.2, 0) is 0 Å². The molecule has 0 aromatic rings. The van der Waals surface area contributed by atoms with Gasteiger partial charge in [-0.05, 0) is 45.9 Å². The van der Waals surface area contributed by atoms with Gasteiger partial charge in [-0.25, -0.2) is 0 Å². The van der Waals surface area contributed by atoms with Crippen molar-refractivity contribution in [3.8, 4) is 0 Å². The molecule has 0 radical (unpaired) electrons. The normalized spacial score (nSPS) is 18.4. The van der Waals surface area contributed by atoms with Crippen LogP contribution in [0.2, 0.25) is 0 Å². The van der Waals surface area contributed by atoms with Crippen LogP contribution in [-0.4, -0.2) is 49.2 Å². The number of likely N-dealkylation sites (tertiary alicyclic amines) is 1. The summed E-state index contributed by atoms with van der Waals surface area (Å²) in [5.74, 6) is 0. The largest absolute Gasteiger partial charge is 0.318 e. The number of unbranched alkanes of at least 4 members (excludes halogenated alkanes) is 1. The first kappa shape index (κ1) is 15.9. The Labute approximate surface area is 102 Å². The molecule has 3 nitrogen and oxygen atoms in total. The summed E-state index contributed by atoms with van der Waals surface area (Å²) >= 11 is 0. The standard InChI is InChI=1S/C11H25N3.C2H6/c1-3-4-7-14-8-5-11(6-9-14)13(2)10-12;1-2/h11H,3-10,12H2,1-2H3;1-2H3. The average Bonchev–Trinajstić information content (AvgIpc) is 2.38. The highest BCUT2D eigenvalue weighted by Gasteiger charge is 2.20. The van der Waals surface area contributed by atoms with Crippen molar-refractivity contribution < 1.29 is 0 Å². The highest BCUT2D eigenvalue weighted by atomic mass is 15.2. The monoisotopic (exact) mass is 229 g/mol. The lowest BCUT2D eigenvalue weighted by atomic mass is 10.0. The van der Waals surface area contributed by atoms with Gasteiger partial charge in [-0.3, -0.25) is 4.90 Å². The van der Waals surface area contributed by atoms with Crippen LogP contribution in [0.15, 0.2) is 0 Å². The van der Waals surface area contributed by atoms with Crippen LogP contribution in [0.4, 0.5) is 0 Å². The predicted octanol–water partition coefficient (Wildman–Crippen LogP) is 2.13. The SMILES string of the molecule is CC.CCCCN1CCC(N(C)CN)CC1. The van der Waals surface area contributed by atoms with Crippen LogP contribution >= 0.6 is 0 Å². The third-order valence-electron chi connectivity index (χ3n) is 3.30. The Morgan fingerprint density at radius 2 is 1.81 bits per heavy atom. The molecule has 2 N–H and O–H groups in total. The van der Waals surface area contributed by atoms with Gasteiger partial charge in [0, 0.05) is 12.7 Å². The van der Waals surface area contributed by atoms with Crippen LogP contribution in [0.3, 0.4) is 0 Å². The zero-order chi connectivity index (χ0) is 12.4. The molecule has 0 aromatic carbocycles. The molecule has 1 rings (SSSR count). The lowest BCUT2D eigenvalue weighted by Crippen LogP contribution is -2.45. The van der Waals surface area contributed by atoms with Gasteiger partial charge in [0.05, 0.1) is 0 Å². The summed E-state index contributed by atoms with van der Waals surface area (Å²) in [6.45, 7) is 10.8. The van der Waals surface area contributed by atoms with Crippen molar-refractivity contribution >= 4 is 0 Å². The molecular formula is C13H31N3. The van der Waals surface area contributed by atoms with Crippen LogP contribution in [0.5, 0.6) is 0 Å². The van der Waals surface area contributed by atoms with Crippen molar-refractivity contribution in [2.75, 3.05) is 33.4 Å². The molecule has 0 spiro atoms. The summed E-state index contributed by atoms with van der Waals surface area (Å²) in [6.07, 6.45) is 5.23. The maximum Gasteiger partial charge on any atom is 0.0455 e. The molecule has 3 heteroatoms. The topological polar surface area (TPSA) is 32.5 Å². The summed E-state index contributed by atoms with van der Waals surface area (Å²) in [5.41, 5.74) is 5.63. The van der Waals surface area contributed by atoms with Crippen LogP contribution in [0.1, 0.15) is 46.5 Å². The van der Waals surface area contributed by atoms with Gasteiger partial charge in [0.25, 0.3) is 0 Å². The molecule has 0 aliphatic carbocycles. The molecule has 0 unspecified atom stereocenters. The van der Waals surface area contributed by atoms with Crippen molar-refractivity contribution in [2.24, 2.45) is 5.73 Å². The van der Waals surface area contributed by atoms with Gasteiger partial charge in [0.2, 0.25) is 0 Å². The van der Waals surface area contributed by atoms with Crippen molar-refractivity contribution in [1.82, 2.24) is 9.80 Å². The van der Waals surface area contributed by atoms with Gasteiger partial charge in [-0.1, -0.05) is 27.2 Å². The van der Waals surface area contributed by atoms with E-state index in [0.717, 1.165) is 6.04 Å². The Morgan fingerprint density at radius 1 is 1.25 bits per heavy atom. The highest BCUT2D eigenvalue weighted by molar-refractivity contribution is 4.77.